The first-order valence-electron chi connectivity index (χ1n) is 3.96. The van der Waals surface area contributed by atoms with Crippen LogP contribution in [0.2, 0.25) is 0 Å². The minimum Gasteiger partial charge on any atom is -0.396 e. The van der Waals surface area contributed by atoms with Crippen LogP contribution in [-0.2, 0) is 0 Å². The Morgan fingerprint density at radius 3 is 2.50 bits per heavy atom. The zero-order chi connectivity index (χ0) is 9.19. The lowest BCUT2D eigenvalue weighted by molar-refractivity contribution is -0.175. The van der Waals surface area contributed by atoms with E-state index in [1.54, 1.807) is 0 Å². The predicted molar refractivity (Wildman–Crippen MR) is 37.7 cm³/mol. The fourth-order valence-corrected chi connectivity index (χ4v) is 1.53. The monoisotopic (exact) mass is 183 g/mol. The second kappa shape index (κ2) is 3.62. The van der Waals surface area contributed by atoms with Crippen LogP contribution >= 0.6 is 0 Å². The van der Waals surface area contributed by atoms with Crippen molar-refractivity contribution in [3.8, 4) is 0 Å². The summed E-state index contributed by atoms with van der Waals surface area (Å²) in [6.45, 7) is -0.00213. The van der Waals surface area contributed by atoms with Gasteiger partial charge in [-0.1, -0.05) is 0 Å². The number of hydrogen-bond donors (Lipinski definition) is 2. The number of piperidine rings is 1. The number of alkyl halides is 3. The van der Waals surface area contributed by atoms with E-state index in [0.29, 0.717) is 19.4 Å². The molecule has 0 aromatic heterocycles. The molecule has 0 aliphatic carbocycles. The number of aliphatic hydroxyl groups is 1. The molecule has 1 fully saturated rings. The molecular weight excluding hydrogens is 171 g/mol. The van der Waals surface area contributed by atoms with Crippen LogP contribution in [-0.4, -0.2) is 30.5 Å². The average Bonchev–Trinajstić information content (AvgIpc) is 2.03. The van der Waals surface area contributed by atoms with E-state index in [2.05, 4.69) is 5.32 Å². The predicted octanol–water partition coefficient (Wildman–Crippen LogP) is 0.909. The van der Waals surface area contributed by atoms with Gasteiger partial charge >= 0.3 is 6.18 Å². The maximum atomic E-state index is 12.2. The maximum Gasteiger partial charge on any atom is 0.404 e. The van der Waals surface area contributed by atoms with Crippen molar-refractivity contribution in [3.63, 3.8) is 0 Å². The quantitative estimate of drug-likeness (QED) is 0.633. The number of aliphatic hydroxyl groups excluding tert-OH is 1. The second-order valence-electron chi connectivity index (χ2n) is 3.06. The standard InChI is InChI=1S/C7H12F3NO/c8-7(9,10)6-5(4-12)2-1-3-11-6/h5-6,11-12H,1-4H2/t5-,6+/m0/s1. The smallest absolute Gasteiger partial charge is 0.396 e. The van der Waals surface area contributed by atoms with Gasteiger partial charge in [0.1, 0.15) is 6.04 Å². The lowest BCUT2D eigenvalue weighted by Crippen LogP contribution is -2.52. The molecule has 0 unspecified atom stereocenters. The van der Waals surface area contributed by atoms with Gasteiger partial charge in [0.25, 0.3) is 0 Å². The molecule has 0 aromatic carbocycles. The summed E-state index contributed by atoms with van der Waals surface area (Å²) in [5.41, 5.74) is 0. The highest BCUT2D eigenvalue weighted by atomic mass is 19.4. The van der Waals surface area contributed by atoms with Crippen molar-refractivity contribution in [1.82, 2.24) is 5.32 Å². The van der Waals surface area contributed by atoms with Crippen molar-refractivity contribution in [3.05, 3.63) is 0 Å². The average molecular weight is 183 g/mol. The van der Waals surface area contributed by atoms with Crippen molar-refractivity contribution < 1.29 is 18.3 Å². The molecule has 2 N–H and O–H groups in total. The Morgan fingerprint density at radius 2 is 2.08 bits per heavy atom. The first-order chi connectivity index (χ1) is 5.55. The lowest BCUT2D eigenvalue weighted by atomic mass is 9.91. The van der Waals surface area contributed by atoms with E-state index < -0.39 is 24.7 Å². The molecule has 72 valence electrons. The Kier molecular flexibility index (Phi) is 2.95. The van der Waals surface area contributed by atoms with E-state index in [4.69, 9.17) is 5.11 Å². The Morgan fingerprint density at radius 1 is 1.42 bits per heavy atom. The Bertz CT molecular complexity index is 148. The molecule has 1 saturated heterocycles. The summed E-state index contributed by atoms with van der Waals surface area (Å²) in [6.07, 6.45) is -3.07. The molecule has 12 heavy (non-hydrogen) atoms. The Balaban J connectivity index is 2.59. The van der Waals surface area contributed by atoms with E-state index >= 15 is 0 Å². The van der Waals surface area contributed by atoms with Gasteiger partial charge in [-0.2, -0.15) is 13.2 Å². The van der Waals surface area contributed by atoms with E-state index in [1.165, 1.54) is 0 Å². The highest BCUT2D eigenvalue weighted by Gasteiger charge is 2.45. The Labute approximate surface area is 68.8 Å². The molecule has 5 heteroatoms. The minimum absolute atomic E-state index is 0.390. The fourth-order valence-electron chi connectivity index (χ4n) is 1.53. The molecular formula is C7H12F3NO. The Hall–Kier alpha value is -0.290. The summed E-state index contributed by atoms with van der Waals surface area (Å²) >= 11 is 0. The molecule has 0 bridgehead atoms. The van der Waals surface area contributed by atoms with Crippen LogP contribution in [0.1, 0.15) is 12.8 Å². The number of hydrogen-bond acceptors (Lipinski definition) is 2. The number of rotatable bonds is 1. The summed E-state index contributed by atoms with van der Waals surface area (Å²) in [6, 6.07) is -1.52. The number of halogens is 3. The third kappa shape index (κ3) is 2.10. The molecule has 0 spiro atoms. The van der Waals surface area contributed by atoms with Crippen LogP contribution in [0.4, 0.5) is 13.2 Å². The molecule has 0 amide bonds. The first-order valence-corrected chi connectivity index (χ1v) is 3.96. The molecule has 1 aliphatic rings. The van der Waals surface area contributed by atoms with Crippen molar-refractivity contribution in [2.75, 3.05) is 13.2 Å². The molecule has 2 nitrogen and oxygen atoms in total. The zero-order valence-electron chi connectivity index (χ0n) is 6.56. The van der Waals surface area contributed by atoms with Crippen LogP contribution in [0.15, 0.2) is 0 Å². The van der Waals surface area contributed by atoms with Crippen LogP contribution in [0.5, 0.6) is 0 Å². The highest BCUT2D eigenvalue weighted by Crippen LogP contribution is 2.30. The van der Waals surface area contributed by atoms with Gasteiger partial charge < -0.3 is 10.4 Å². The SMILES string of the molecule is OC[C@@H]1CCCN[C@H]1C(F)(F)F. The second-order valence-corrected chi connectivity index (χ2v) is 3.06. The van der Waals surface area contributed by atoms with Crippen molar-refractivity contribution >= 4 is 0 Å². The largest absolute Gasteiger partial charge is 0.404 e. The maximum absolute atomic E-state index is 12.2. The van der Waals surface area contributed by atoms with E-state index in [1.807, 2.05) is 0 Å². The number of nitrogens with one attached hydrogen (secondary N) is 1. The van der Waals surface area contributed by atoms with Gasteiger partial charge in [0.2, 0.25) is 0 Å². The van der Waals surface area contributed by atoms with Crippen LogP contribution in [0, 0.1) is 5.92 Å². The van der Waals surface area contributed by atoms with Gasteiger partial charge in [-0.3, -0.25) is 0 Å². The fraction of sp³-hybridized carbons (Fsp3) is 1.00. The zero-order valence-corrected chi connectivity index (χ0v) is 6.56. The first kappa shape index (κ1) is 9.80. The minimum atomic E-state index is -4.23. The van der Waals surface area contributed by atoms with Gasteiger partial charge in [0.05, 0.1) is 0 Å². The van der Waals surface area contributed by atoms with E-state index in [9.17, 15) is 13.2 Å². The lowest BCUT2D eigenvalue weighted by Gasteiger charge is -2.32. The normalized spacial score (nSPS) is 32.0. The van der Waals surface area contributed by atoms with Gasteiger partial charge in [0, 0.05) is 12.5 Å². The third-order valence-electron chi connectivity index (χ3n) is 2.17. The van der Waals surface area contributed by atoms with Crippen molar-refractivity contribution in [2.24, 2.45) is 5.92 Å². The molecule has 1 aliphatic heterocycles. The van der Waals surface area contributed by atoms with Gasteiger partial charge in [0.15, 0.2) is 0 Å². The van der Waals surface area contributed by atoms with Crippen molar-refractivity contribution in [2.45, 2.75) is 25.1 Å². The molecule has 0 aromatic rings. The van der Waals surface area contributed by atoms with Gasteiger partial charge in [-0.25, -0.2) is 0 Å². The topological polar surface area (TPSA) is 32.3 Å². The molecule has 0 saturated carbocycles. The third-order valence-corrected chi connectivity index (χ3v) is 2.17. The molecule has 1 rings (SSSR count). The molecule has 2 atom stereocenters. The van der Waals surface area contributed by atoms with Gasteiger partial charge in [-0.05, 0) is 19.4 Å². The summed E-state index contributed by atoms with van der Waals surface area (Å²) in [7, 11) is 0. The summed E-state index contributed by atoms with van der Waals surface area (Å²) in [4.78, 5) is 0. The summed E-state index contributed by atoms with van der Waals surface area (Å²) < 4.78 is 36.6. The van der Waals surface area contributed by atoms with Crippen LogP contribution in [0.3, 0.4) is 0 Å². The van der Waals surface area contributed by atoms with Crippen LogP contribution in [0.25, 0.3) is 0 Å². The summed E-state index contributed by atoms with van der Waals surface area (Å²) in [5.74, 6) is -0.668. The van der Waals surface area contributed by atoms with E-state index in [-0.39, 0.29) is 0 Å². The van der Waals surface area contributed by atoms with E-state index in [0.717, 1.165) is 0 Å². The molecule has 0 radical (unpaired) electrons. The van der Waals surface area contributed by atoms with Crippen LogP contribution < -0.4 is 5.32 Å². The van der Waals surface area contributed by atoms with Crippen molar-refractivity contribution in [1.29, 1.82) is 0 Å². The van der Waals surface area contributed by atoms with Gasteiger partial charge in [-0.15, -0.1) is 0 Å². The molecule has 1 heterocycles. The summed E-state index contributed by atoms with van der Waals surface area (Å²) in [5, 5.41) is 11.1. The highest BCUT2D eigenvalue weighted by molar-refractivity contribution is 4.86.